The monoisotopic (exact) mass is 495 g/mol. The number of primary amides is 1. The van der Waals surface area contributed by atoms with Crippen LogP contribution in [-0.4, -0.2) is 91.4 Å². The number of carboxylic acid groups (broad SMARTS) is 2. The smallest absolute Gasteiger partial charge is 0.326 e. The normalized spacial score (nSPS) is 17.7. The number of aromatic amines is 1. The summed E-state index contributed by atoms with van der Waals surface area (Å²) in [4.78, 5) is 79.8. The minimum atomic E-state index is -1.38. The fourth-order valence-electron chi connectivity index (χ4n) is 3.71. The van der Waals surface area contributed by atoms with Gasteiger partial charge < -0.3 is 42.2 Å². The largest absolute Gasteiger partial charge is 0.481 e. The van der Waals surface area contributed by atoms with Crippen molar-refractivity contribution in [2.45, 2.75) is 62.7 Å². The fourth-order valence-corrected chi connectivity index (χ4v) is 3.71. The summed E-state index contributed by atoms with van der Waals surface area (Å²) in [7, 11) is 0. The quantitative estimate of drug-likeness (QED) is 0.147. The molecular formula is C20H29N7O8. The Kier molecular flexibility index (Phi) is 9.69. The van der Waals surface area contributed by atoms with Crippen LogP contribution >= 0.6 is 0 Å². The summed E-state index contributed by atoms with van der Waals surface area (Å²) in [6.45, 7) is 0.195. The number of carboxylic acids is 2. The molecule has 0 spiro atoms. The first-order valence-corrected chi connectivity index (χ1v) is 10.9. The number of nitrogens with one attached hydrogen (secondary N) is 3. The van der Waals surface area contributed by atoms with Gasteiger partial charge in [0, 0.05) is 31.3 Å². The van der Waals surface area contributed by atoms with Crippen molar-refractivity contribution >= 4 is 35.6 Å². The lowest BCUT2D eigenvalue weighted by Gasteiger charge is -2.28. The summed E-state index contributed by atoms with van der Waals surface area (Å²) in [5.74, 6) is -5.62. The molecule has 192 valence electrons. The Morgan fingerprint density at radius 3 is 2.46 bits per heavy atom. The third kappa shape index (κ3) is 8.06. The van der Waals surface area contributed by atoms with Crippen LogP contribution in [0.1, 0.15) is 37.8 Å². The zero-order valence-electron chi connectivity index (χ0n) is 18.8. The Morgan fingerprint density at radius 1 is 1.17 bits per heavy atom. The van der Waals surface area contributed by atoms with Crippen LogP contribution in [0.3, 0.4) is 0 Å². The van der Waals surface area contributed by atoms with Gasteiger partial charge in [-0.05, 0) is 19.3 Å². The van der Waals surface area contributed by atoms with Crippen molar-refractivity contribution in [3.63, 3.8) is 0 Å². The van der Waals surface area contributed by atoms with E-state index in [1.165, 1.54) is 17.4 Å². The first kappa shape index (κ1) is 27.2. The Hall–Kier alpha value is -4.01. The van der Waals surface area contributed by atoms with Crippen molar-refractivity contribution in [1.29, 1.82) is 0 Å². The number of amides is 4. The molecule has 4 amide bonds. The van der Waals surface area contributed by atoms with E-state index >= 15 is 0 Å². The number of rotatable bonds is 13. The summed E-state index contributed by atoms with van der Waals surface area (Å²) in [5.41, 5.74) is 11.2. The number of hydrogen-bond acceptors (Lipinski definition) is 8. The number of aromatic nitrogens is 2. The molecule has 2 rings (SSSR count). The lowest BCUT2D eigenvalue weighted by atomic mass is 10.1. The molecule has 0 bridgehead atoms. The average Bonchev–Trinajstić information content (AvgIpc) is 3.46. The third-order valence-corrected chi connectivity index (χ3v) is 5.45. The fraction of sp³-hybridized carbons (Fsp3) is 0.550. The highest BCUT2D eigenvalue weighted by atomic mass is 16.4. The van der Waals surface area contributed by atoms with Crippen molar-refractivity contribution in [3.05, 3.63) is 18.2 Å². The Balaban J connectivity index is 2.11. The molecule has 1 fully saturated rings. The van der Waals surface area contributed by atoms with E-state index in [4.69, 9.17) is 16.6 Å². The lowest BCUT2D eigenvalue weighted by Crippen LogP contribution is -2.57. The molecule has 1 saturated heterocycles. The van der Waals surface area contributed by atoms with Gasteiger partial charge in [0.25, 0.3) is 0 Å². The van der Waals surface area contributed by atoms with Gasteiger partial charge in [-0.15, -0.1) is 0 Å². The van der Waals surface area contributed by atoms with Crippen molar-refractivity contribution in [2.24, 2.45) is 11.5 Å². The minimum Gasteiger partial charge on any atom is -0.481 e. The first-order chi connectivity index (χ1) is 16.5. The molecule has 1 aromatic rings. The van der Waals surface area contributed by atoms with Gasteiger partial charge in [-0.1, -0.05) is 0 Å². The number of hydrogen-bond donors (Lipinski definition) is 7. The van der Waals surface area contributed by atoms with E-state index in [1.54, 1.807) is 0 Å². The first-order valence-electron chi connectivity index (χ1n) is 10.9. The summed E-state index contributed by atoms with van der Waals surface area (Å²) in [6.07, 6.45) is 2.13. The number of imidazole rings is 1. The Labute approximate surface area is 199 Å². The van der Waals surface area contributed by atoms with E-state index in [9.17, 15) is 33.9 Å². The highest BCUT2D eigenvalue weighted by molar-refractivity contribution is 5.95. The average molecular weight is 495 g/mol. The van der Waals surface area contributed by atoms with Gasteiger partial charge in [0.2, 0.25) is 23.6 Å². The number of aliphatic carboxylic acids is 2. The van der Waals surface area contributed by atoms with Crippen LogP contribution in [0.4, 0.5) is 0 Å². The second-order valence-electron chi connectivity index (χ2n) is 8.14. The van der Waals surface area contributed by atoms with E-state index < -0.39 is 72.6 Å². The summed E-state index contributed by atoms with van der Waals surface area (Å²) in [6, 6.07) is -4.98. The van der Waals surface area contributed by atoms with Crippen LogP contribution < -0.4 is 22.1 Å². The minimum absolute atomic E-state index is 0.122. The molecule has 4 unspecified atom stereocenters. The molecule has 4 atom stereocenters. The van der Waals surface area contributed by atoms with Crippen LogP contribution in [-0.2, 0) is 35.2 Å². The zero-order valence-corrected chi connectivity index (χ0v) is 18.8. The molecule has 15 nitrogen and oxygen atoms in total. The second kappa shape index (κ2) is 12.5. The van der Waals surface area contributed by atoms with Crippen molar-refractivity contribution in [1.82, 2.24) is 25.5 Å². The van der Waals surface area contributed by atoms with Gasteiger partial charge in [0.05, 0.1) is 18.8 Å². The molecular weight excluding hydrogens is 466 g/mol. The van der Waals surface area contributed by atoms with E-state index in [0.717, 1.165) is 0 Å². The predicted octanol–water partition coefficient (Wildman–Crippen LogP) is -2.94. The number of carbonyl (C=O) groups is 6. The summed E-state index contributed by atoms with van der Waals surface area (Å²) in [5, 5.41) is 23.2. The molecule has 0 aromatic carbocycles. The number of H-pyrrole nitrogens is 1. The SMILES string of the molecule is NC(=O)CC(N)C(=O)N1CCCC1C(=O)NC(CCC(=O)O)C(=O)NC(Cc1cnc[nH]1)C(=O)O. The van der Waals surface area contributed by atoms with Crippen molar-refractivity contribution in [3.8, 4) is 0 Å². The molecule has 0 saturated carbocycles. The second-order valence-corrected chi connectivity index (χ2v) is 8.14. The van der Waals surface area contributed by atoms with Gasteiger partial charge in [-0.3, -0.25) is 24.0 Å². The van der Waals surface area contributed by atoms with Crippen LogP contribution in [0.15, 0.2) is 12.5 Å². The van der Waals surface area contributed by atoms with E-state index in [2.05, 4.69) is 20.6 Å². The molecule has 35 heavy (non-hydrogen) atoms. The molecule has 9 N–H and O–H groups in total. The number of likely N-dealkylation sites (tertiary alicyclic amines) is 1. The van der Waals surface area contributed by atoms with Gasteiger partial charge in [-0.2, -0.15) is 0 Å². The summed E-state index contributed by atoms with van der Waals surface area (Å²) < 4.78 is 0. The van der Waals surface area contributed by atoms with Gasteiger partial charge >= 0.3 is 11.9 Å². The lowest BCUT2D eigenvalue weighted by molar-refractivity contribution is -0.143. The maximum atomic E-state index is 12.9. The molecule has 15 heteroatoms. The molecule has 1 aliphatic heterocycles. The predicted molar refractivity (Wildman–Crippen MR) is 117 cm³/mol. The number of nitrogens with zero attached hydrogens (tertiary/aromatic N) is 2. The Bertz CT molecular complexity index is 951. The van der Waals surface area contributed by atoms with Crippen molar-refractivity contribution in [2.75, 3.05) is 6.54 Å². The maximum absolute atomic E-state index is 12.9. The highest BCUT2D eigenvalue weighted by Gasteiger charge is 2.38. The van der Waals surface area contributed by atoms with E-state index in [0.29, 0.717) is 12.1 Å². The molecule has 2 heterocycles. The molecule has 1 aromatic heterocycles. The topological polar surface area (TPSA) is 251 Å². The van der Waals surface area contributed by atoms with Crippen molar-refractivity contribution < 1.29 is 39.0 Å². The van der Waals surface area contributed by atoms with Crippen LogP contribution in [0.25, 0.3) is 0 Å². The highest BCUT2D eigenvalue weighted by Crippen LogP contribution is 2.19. The number of carbonyl (C=O) groups excluding carboxylic acids is 4. The standard InChI is InChI=1S/C20H29N7O8/c21-11(7-15(22)28)19(33)27-5-1-2-14(27)18(32)25-12(3-4-16(29)30)17(31)26-13(20(34)35)6-10-8-23-9-24-10/h8-9,11-14H,1-7,21H2,(H2,22,28)(H,23,24)(H,25,32)(H,26,31)(H,29,30)(H,34,35). The molecule has 0 aliphatic carbocycles. The van der Waals surface area contributed by atoms with E-state index in [1.807, 2.05) is 0 Å². The van der Waals surface area contributed by atoms with Crippen LogP contribution in [0.5, 0.6) is 0 Å². The third-order valence-electron chi connectivity index (χ3n) is 5.45. The van der Waals surface area contributed by atoms with Crippen LogP contribution in [0, 0.1) is 0 Å². The van der Waals surface area contributed by atoms with E-state index in [-0.39, 0.29) is 25.8 Å². The van der Waals surface area contributed by atoms with Crippen LogP contribution in [0.2, 0.25) is 0 Å². The van der Waals surface area contributed by atoms with Gasteiger partial charge in [0.15, 0.2) is 0 Å². The van der Waals surface area contributed by atoms with Gasteiger partial charge in [-0.25, -0.2) is 9.78 Å². The maximum Gasteiger partial charge on any atom is 0.326 e. The number of nitrogens with two attached hydrogens (primary N) is 2. The molecule has 0 radical (unpaired) electrons. The molecule has 1 aliphatic rings. The zero-order chi connectivity index (χ0) is 26.1. The Morgan fingerprint density at radius 2 is 1.89 bits per heavy atom. The van der Waals surface area contributed by atoms with Gasteiger partial charge in [0.1, 0.15) is 18.1 Å². The summed E-state index contributed by atoms with van der Waals surface area (Å²) >= 11 is 0.